The molecule has 0 bridgehead atoms. The fourth-order valence-corrected chi connectivity index (χ4v) is 1.51. The van der Waals surface area contributed by atoms with Gasteiger partial charge in [0.2, 0.25) is 0 Å². The topological polar surface area (TPSA) is 32.3 Å². The highest BCUT2D eigenvalue weighted by atomic mass is 16.1. The summed E-state index contributed by atoms with van der Waals surface area (Å²) in [6.07, 6.45) is 0. The second kappa shape index (κ2) is 4.89. The lowest BCUT2D eigenvalue weighted by molar-refractivity contribution is -0.121. The molecular formula is C11H22N2O. The van der Waals surface area contributed by atoms with Crippen LogP contribution in [0.3, 0.4) is 0 Å². The molecule has 1 aliphatic rings. The Labute approximate surface area is 86.9 Å². The molecular weight excluding hydrogens is 176 g/mol. The maximum atomic E-state index is 11.3. The van der Waals surface area contributed by atoms with Crippen LogP contribution in [0, 0.1) is 5.92 Å². The van der Waals surface area contributed by atoms with Crippen molar-refractivity contribution in [2.45, 2.75) is 39.8 Å². The van der Waals surface area contributed by atoms with Crippen LogP contribution in [0.5, 0.6) is 0 Å². The summed E-state index contributed by atoms with van der Waals surface area (Å²) in [4.78, 5) is 13.7. The number of nitrogens with zero attached hydrogens (tertiary/aromatic N) is 1. The van der Waals surface area contributed by atoms with Crippen molar-refractivity contribution in [1.29, 1.82) is 0 Å². The maximum Gasteiger partial charge on any atom is 0.149 e. The van der Waals surface area contributed by atoms with Gasteiger partial charge >= 0.3 is 0 Å². The van der Waals surface area contributed by atoms with Gasteiger partial charge in [0.25, 0.3) is 0 Å². The van der Waals surface area contributed by atoms with E-state index in [2.05, 4.69) is 24.1 Å². The van der Waals surface area contributed by atoms with Gasteiger partial charge in [-0.05, 0) is 13.8 Å². The van der Waals surface area contributed by atoms with Gasteiger partial charge in [-0.1, -0.05) is 13.8 Å². The number of carbonyl (C=O) groups is 1. The second-order valence-corrected chi connectivity index (χ2v) is 4.75. The first-order chi connectivity index (χ1) is 6.50. The average molecular weight is 198 g/mol. The number of rotatable bonds is 5. The predicted molar refractivity (Wildman–Crippen MR) is 58.3 cm³/mol. The molecule has 0 aromatic heterocycles. The van der Waals surface area contributed by atoms with Crippen molar-refractivity contribution < 1.29 is 4.79 Å². The van der Waals surface area contributed by atoms with Gasteiger partial charge in [-0.15, -0.1) is 0 Å². The quantitative estimate of drug-likeness (QED) is 0.712. The Hall–Kier alpha value is -0.410. The van der Waals surface area contributed by atoms with Gasteiger partial charge in [-0.25, -0.2) is 0 Å². The summed E-state index contributed by atoms with van der Waals surface area (Å²) < 4.78 is 0. The van der Waals surface area contributed by atoms with Crippen LogP contribution in [0.4, 0.5) is 0 Å². The molecule has 0 amide bonds. The van der Waals surface area contributed by atoms with Crippen LogP contribution in [0.15, 0.2) is 0 Å². The fourth-order valence-electron chi connectivity index (χ4n) is 1.51. The van der Waals surface area contributed by atoms with E-state index < -0.39 is 0 Å². The van der Waals surface area contributed by atoms with Crippen molar-refractivity contribution in [1.82, 2.24) is 10.2 Å². The van der Waals surface area contributed by atoms with Crippen LogP contribution in [0.25, 0.3) is 0 Å². The summed E-state index contributed by atoms with van der Waals surface area (Å²) in [6, 6.07) is 1.16. The minimum absolute atomic E-state index is 0.156. The maximum absolute atomic E-state index is 11.3. The molecule has 0 aromatic carbocycles. The Bertz CT molecular complexity index is 195. The molecule has 1 N–H and O–H groups in total. The largest absolute Gasteiger partial charge is 0.305 e. The smallest absolute Gasteiger partial charge is 0.149 e. The Balaban J connectivity index is 2.09. The number of hydrogen-bond donors (Lipinski definition) is 1. The van der Waals surface area contributed by atoms with Gasteiger partial charge in [0, 0.05) is 31.1 Å². The lowest BCUT2D eigenvalue weighted by Gasteiger charge is -2.42. The number of ketones is 1. The van der Waals surface area contributed by atoms with Crippen LogP contribution >= 0.6 is 0 Å². The lowest BCUT2D eigenvalue weighted by Crippen LogP contribution is -2.60. The van der Waals surface area contributed by atoms with E-state index in [9.17, 15) is 4.79 Å². The number of Topliss-reactive ketones (excluding diaryl/α,β-unsaturated/α-hetero) is 1. The van der Waals surface area contributed by atoms with Crippen LogP contribution in [-0.4, -0.2) is 42.4 Å². The molecule has 1 fully saturated rings. The summed E-state index contributed by atoms with van der Waals surface area (Å²) in [5, 5.41) is 3.29. The highest BCUT2D eigenvalue weighted by Gasteiger charge is 2.28. The lowest BCUT2D eigenvalue weighted by atomic mass is 10.1. The number of carbonyl (C=O) groups excluding carboxylic acids is 1. The summed E-state index contributed by atoms with van der Waals surface area (Å²) in [6.45, 7) is 11.0. The van der Waals surface area contributed by atoms with E-state index in [1.54, 1.807) is 0 Å². The molecule has 14 heavy (non-hydrogen) atoms. The van der Waals surface area contributed by atoms with Gasteiger partial charge in [-0.3, -0.25) is 9.69 Å². The standard InChI is InChI=1S/C11H22N2O/c1-8(2)11(14)5-12-10-6-13(7-10)9(3)4/h8-10,12H,5-7H2,1-4H3. The Morgan fingerprint density at radius 2 is 1.93 bits per heavy atom. The minimum atomic E-state index is 0.156. The van der Waals surface area contributed by atoms with Crippen LogP contribution in [-0.2, 0) is 4.79 Å². The van der Waals surface area contributed by atoms with Gasteiger partial charge < -0.3 is 5.32 Å². The molecule has 0 aromatic rings. The molecule has 82 valence electrons. The van der Waals surface area contributed by atoms with Crippen molar-refractivity contribution in [3.05, 3.63) is 0 Å². The van der Waals surface area contributed by atoms with Crippen LogP contribution in [0.1, 0.15) is 27.7 Å². The molecule has 1 rings (SSSR count). The zero-order valence-electron chi connectivity index (χ0n) is 9.71. The third-order valence-electron chi connectivity index (χ3n) is 2.85. The molecule has 3 nitrogen and oxygen atoms in total. The van der Waals surface area contributed by atoms with Gasteiger partial charge in [0.1, 0.15) is 5.78 Å². The van der Waals surface area contributed by atoms with Crippen LogP contribution < -0.4 is 5.32 Å². The Morgan fingerprint density at radius 1 is 1.36 bits per heavy atom. The zero-order chi connectivity index (χ0) is 10.7. The second-order valence-electron chi connectivity index (χ2n) is 4.75. The first kappa shape index (κ1) is 11.7. The monoisotopic (exact) mass is 198 g/mol. The average Bonchev–Trinajstić information content (AvgIpc) is 1.99. The molecule has 0 spiro atoms. The van der Waals surface area contributed by atoms with E-state index >= 15 is 0 Å². The molecule has 3 heteroatoms. The molecule has 1 aliphatic heterocycles. The first-order valence-electron chi connectivity index (χ1n) is 5.51. The van der Waals surface area contributed by atoms with E-state index in [0.717, 1.165) is 13.1 Å². The van der Waals surface area contributed by atoms with Gasteiger partial charge in [0.15, 0.2) is 0 Å². The number of hydrogen-bond acceptors (Lipinski definition) is 3. The Kier molecular flexibility index (Phi) is 4.08. The van der Waals surface area contributed by atoms with Gasteiger partial charge in [0.05, 0.1) is 6.54 Å². The highest BCUT2D eigenvalue weighted by molar-refractivity contribution is 5.82. The van der Waals surface area contributed by atoms with Crippen molar-refractivity contribution in [2.24, 2.45) is 5.92 Å². The highest BCUT2D eigenvalue weighted by Crippen LogP contribution is 2.11. The van der Waals surface area contributed by atoms with E-state index in [4.69, 9.17) is 0 Å². The summed E-state index contributed by atoms with van der Waals surface area (Å²) in [7, 11) is 0. The third-order valence-corrected chi connectivity index (χ3v) is 2.85. The predicted octanol–water partition coefficient (Wildman–Crippen LogP) is 0.894. The van der Waals surface area contributed by atoms with E-state index in [1.165, 1.54) is 0 Å². The Morgan fingerprint density at radius 3 is 2.36 bits per heavy atom. The van der Waals surface area contributed by atoms with E-state index in [0.29, 0.717) is 24.4 Å². The molecule has 0 atom stereocenters. The number of nitrogens with one attached hydrogen (secondary N) is 1. The molecule has 0 radical (unpaired) electrons. The van der Waals surface area contributed by atoms with Crippen molar-refractivity contribution in [3.8, 4) is 0 Å². The van der Waals surface area contributed by atoms with Crippen LogP contribution in [0.2, 0.25) is 0 Å². The molecule has 0 saturated carbocycles. The summed E-state index contributed by atoms with van der Waals surface area (Å²) in [5.41, 5.74) is 0. The van der Waals surface area contributed by atoms with E-state index in [1.807, 2.05) is 13.8 Å². The SMILES string of the molecule is CC(C)C(=O)CNC1CN(C(C)C)C1. The fraction of sp³-hybridized carbons (Fsp3) is 0.909. The molecule has 0 unspecified atom stereocenters. The van der Waals surface area contributed by atoms with Gasteiger partial charge in [-0.2, -0.15) is 0 Å². The number of likely N-dealkylation sites (tertiary alicyclic amines) is 1. The van der Waals surface area contributed by atoms with Crippen molar-refractivity contribution in [3.63, 3.8) is 0 Å². The molecule has 1 saturated heterocycles. The first-order valence-corrected chi connectivity index (χ1v) is 5.51. The normalized spacial score (nSPS) is 19.0. The van der Waals surface area contributed by atoms with Crippen molar-refractivity contribution in [2.75, 3.05) is 19.6 Å². The summed E-state index contributed by atoms with van der Waals surface area (Å²) in [5.74, 6) is 0.469. The summed E-state index contributed by atoms with van der Waals surface area (Å²) >= 11 is 0. The minimum Gasteiger partial charge on any atom is -0.305 e. The molecule has 1 heterocycles. The third kappa shape index (κ3) is 3.07. The van der Waals surface area contributed by atoms with E-state index in [-0.39, 0.29) is 5.92 Å². The zero-order valence-corrected chi connectivity index (χ0v) is 9.71. The van der Waals surface area contributed by atoms with Crippen molar-refractivity contribution >= 4 is 5.78 Å². The molecule has 0 aliphatic carbocycles.